The fourth-order valence-electron chi connectivity index (χ4n) is 1.70. The highest BCUT2D eigenvalue weighted by Crippen LogP contribution is 2.19. The number of hydrogen-bond acceptors (Lipinski definition) is 3. The molecule has 15 heavy (non-hydrogen) atoms. The van der Waals surface area contributed by atoms with Gasteiger partial charge in [-0.05, 0) is 18.6 Å². The molecule has 0 unspecified atom stereocenters. The molecule has 0 saturated carbocycles. The Balaban J connectivity index is 2.55. The molecule has 78 valence electrons. The van der Waals surface area contributed by atoms with Crippen LogP contribution in [0.15, 0.2) is 30.6 Å². The van der Waals surface area contributed by atoms with Crippen molar-refractivity contribution in [1.82, 2.24) is 9.55 Å². The Hall–Kier alpha value is -1.84. The van der Waals surface area contributed by atoms with Gasteiger partial charge in [-0.1, -0.05) is 19.1 Å². The van der Waals surface area contributed by atoms with Gasteiger partial charge in [-0.25, -0.2) is 4.98 Å². The lowest BCUT2D eigenvalue weighted by molar-refractivity contribution is -0.310. The van der Waals surface area contributed by atoms with Crippen LogP contribution in [0.3, 0.4) is 0 Å². The Bertz CT molecular complexity index is 490. The van der Waals surface area contributed by atoms with Crippen LogP contribution >= 0.6 is 0 Å². The van der Waals surface area contributed by atoms with Crippen molar-refractivity contribution < 1.29 is 9.90 Å². The van der Waals surface area contributed by atoms with Gasteiger partial charge in [0, 0.05) is 0 Å². The van der Waals surface area contributed by atoms with E-state index in [1.165, 1.54) is 0 Å². The van der Waals surface area contributed by atoms with Crippen LogP contribution in [0.5, 0.6) is 0 Å². The number of imidazole rings is 1. The first-order valence-corrected chi connectivity index (χ1v) is 4.86. The Morgan fingerprint density at radius 1 is 1.53 bits per heavy atom. The van der Waals surface area contributed by atoms with E-state index in [1.807, 2.05) is 31.2 Å². The third kappa shape index (κ3) is 1.58. The average Bonchev–Trinajstić information content (AvgIpc) is 2.63. The first-order valence-electron chi connectivity index (χ1n) is 4.86. The second-order valence-corrected chi connectivity index (χ2v) is 3.38. The first-order chi connectivity index (χ1) is 7.24. The maximum absolute atomic E-state index is 10.9. The first kappa shape index (κ1) is 9.71. The van der Waals surface area contributed by atoms with Crippen molar-refractivity contribution in [3.05, 3.63) is 30.6 Å². The van der Waals surface area contributed by atoms with Crippen molar-refractivity contribution in [3.63, 3.8) is 0 Å². The number of carboxylic acid groups (broad SMARTS) is 1. The summed E-state index contributed by atoms with van der Waals surface area (Å²) in [5.41, 5.74) is 1.63. The van der Waals surface area contributed by atoms with E-state index in [9.17, 15) is 9.90 Å². The fraction of sp³-hybridized carbons (Fsp3) is 0.273. The van der Waals surface area contributed by atoms with E-state index in [-0.39, 0.29) is 0 Å². The minimum atomic E-state index is -1.07. The van der Waals surface area contributed by atoms with Crippen LogP contribution in [-0.4, -0.2) is 15.5 Å². The summed E-state index contributed by atoms with van der Waals surface area (Å²) in [6.45, 7) is 1.81. The van der Waals surface area contributed by atoms with Crippen LogP contribution < -0.4 is 5.11 Å². The minimum absolute atomic E-state index is 0.489. The zero-order chi connectivity index (χ0) is 10.8. The number of carbonyl (C=O) groups excluding carboxylic acids is 1. The lowest BCUT2D eigenvalue weighted by atomic mass is 10.2. The van der Waals surface area contributed by atoms with Crippen LogP contribution in [0.4, 0.5) is 0 Å². The summed E-state index contributed by atoms with van der Waals surface area (Å²) in [6.07, 6.45) is 2.04. The monoisotopic (exact) mass is 203 g/mol. The molecule has 0 aliphatic rings. The number of hydrogen-bond donors (Lipinski definition) is 0. The van der Waals surface area contributed by atoms with Crippen LogP contribution in [0.1, 0.15) is 19.4 Å². The number of carboxylic acids is 1. The highest BCUT2D eigenvalue weighted by Gasteiger charge is 2.12. The van der Waals surface area contributed by atoms with Gasteiger partial charge in [-0.3, -0.25) is 0 Å². The zero-order valence-electron chi connectivity index (χ0n) is 8.38. The predicted octanol–water partition coefficient (Wildman–Crippen LogP) is 0.737. The van der Waals surface area contributed by atoms with Gasteiger partial charge in [0.05, 0.1) is 29.4 Å². The molecule has 1 heterocycles. The number of rotatable bonds is 3. The molecule has 1 atom stereocenters. The van der Waals surface area contributed by atoms with Crippen molar-refractivity contribution in [1.29, 1.82) is 0 Å². The normalized spacial score (nSPS) is 12.9. The molecule has 0 aliphatic carbocycles. The second-order valence-electron chi connectivity index (χ2n) is 3.38. The maximum Gasteiger partial charge on any atom is 0.0964 e. The van der Waals surface area contributed by atoms with Gasteiger partial charge in [-0.2, -0.15) is 0 Å². The Morgan fingerprint density at radius 2 is 2.27 bits per heavy atom. The van der Waals surface area contributed by atoms with E-state index in [0.29, 0.717) is 6.42 Å². The summed E-state index contributed by atoms with van der Waals surface area (Å²) in [5, 5.41) is 10.9. The average molecular weight is 203 g/mol. The van der Waals surface area contributed by atoms with Crippen molar-refractivity contribution in [2.75, 3.05) is 0 Å². The third-order valence-electron chi connectivity index (χ3n) is 2.48. The summed E-state index contributed by atoms with van der Waals surface area (Å²) in [5.74, 6) is -1.07. The molecule has 1 aromatic carbocycles. The third-order valence-corrected chi connectivity index (χ3v) is 2.48. The zero-order valence-corrected chi connectivity index (χ0v) is 8.38. The van der Waals surface area contributed by atoms with Gasteiger partial charge < -0.3 is 14.5 Å². The van der Waals surface area contributed by atoms with Crippen LogP contribution in [0.2, 0.25) is 0 Å². The molecule has 2 aromatic rings. The molecule has 0 aliphatic heterocycles. The highest BCUT2D eigenvalue weighted by atomic mass is 16.4. The molecule has 0 amide bonds. The van der Waals surface area contributed by atoms with Crippen LogP contribution in [0.25, 0.3) is 11.0 Å². The molecule has 0 saturated heterocycles. The number of benzene rings is 1. The lowest BCUT2D eigenvalue weighted by Crippen LogP contribution is -2.32. The van der Waals surface area contributed by atoms with Gasteiger partial charge in [0.25, 0.3) is 0 Å². The van der Waals surface area contributed by atoms with Crippen LogP contribution in [0, 0.1) is 0 Å². The van der Waals surface area contributed by atoms with E-state index < -0.39 is 12.0 Å². The highest BCUT2D eigenvalue weighted by molar-refractivity contribution is 5.78. The van der Waals surface area contributed by atoms with Gasteiger partial charge in [0.2, 0.25) is 0 Å². The number of nitrogens with zero attached hydrogens (tertiary/aromatic N) is 2. The Kier molecular flexibility index (Phi) is 2.41. The number of aromatic nitrogens is 2. The predicted molar refractivity (Wildman–Crippen MR) is 54.1 cm³/mol. The summed E-state index contributed by atoms with van der Waals surface area (Å²) in [6, 6.07) is 6.81. The molecule has 0 N–H and O–H groups in total. The largest absolute Gasteiger partial charge is 0.548 e. The van der Waals surface area contributed by atoms with Gasteiger partial charge in [0.15, 0.2) is 0 Å². The molecule has 0 radical (unpaired) electrons. The molecular weight excluding hydrogens is 192 g/mol. The van der Waals surface area contributed by atoms with Gasteiger partial charge >= 0.3 is 0 Å². The number of para-hydroxylation sites is 2. The molecule has 0 bridgehead atoms. The number of aliphatic carboxylic acids is 1. The molecule has 2 rings (SSSR count). The smallest absolute Gasteiger partial charge is 0.0964 e. The fourth-order valence-corrected chi connectivity index (χ4v) is 1.70. The van der Waals surface area contributed by atoms with Crippen molar-refractivity contribution in [2.45, 2.75) is 19.4 Å². The topological polar surface area (TPSA) is 57.9 Å². The van der Waals surface area contributed by atoms with E-state index in [0.717, 1.165) is 11.0 Å². The number of carbonyl (C=O) groups is 1. The summed E-state index contributed by atoms with van der Waals surface area (Å²) in [4.78, 5) is 15.1. The van der Waals surface area contributed by atoms with E-state index >= 15 is 0 Å². The maximum atomic E-state index is 10.9. The quantitative estimate of drug-likeness (QED) is 0.739. The number of fused-ring (bicyclic) bond motifs is 1. The minimum Gasteiger partial charge on any atom is -0.548 e. The van der Waals surface area contributed by atoms with Crippen molar-refractivity contribution >= 4 is 17.0 Å². The van der Waals surface area contributed by atoms with Crippen LogP contribution in [-0.2, 0) is 4.79 Å². The molecular formula is C11H11N2O2-. The summed E-state index contributed by atoms with van der Waals surface area (Å²) in [7, 11) is 0. The Labute approximate surface area is 87.2 Å². The summed E-state index contributed by atoms with van der Waals surface area (Å²) < 4.78 is 1.64. The SMILES string of the molecule is CC[C@@H](C(=O)[O-])n1cnc2ccccc21. The van der Waals surface area contributed by atoms with E-state index in [1.54, 1.807) is 10.9 Å². The summed E-state index contributed by atoms with van der Waals surface area (Å²) >= 11 is 0. The van der Waals surface area contributed by atoms with Gasteiger partial charge in [-0.15, -0.1) is 0 Å². The van der Waals surface area contributed by atoms with Gasteiger partial charge in [0.1, 0.15) is 0 Å². The molecule has 0 fully saturated rings. The Morgan fingerprint density at radius 3 is 2.93 bits per heavy atom. The molecule has 1 aromatic heterocycles. The van der Waals surface area contributed by atoms with Crippen molar-refractivity contribution in [3.8, 4) is 0 Å². The molecule has 4 nitrogen and oxygen atoms in total. The molecule has 0 spiro atoms. The van der Waals surface area contributed by atoms with E-state index in [2.05, 4.69) is 4.98 Å². The second kappa shape index (κ2) is 3.73. The van der Waals surface area contributed by atoms with E-state index in [4.69, 9.17) is 0 Å². The lowest BCUT2D eigenvalue weighted by Gasteiger charge is -2.18. The van der Waals surface area contributed by atoms with Crippen molar-refractivity contribution in [2.24, 2.45) is 0 Å². The molecule has 4 heteroatoms. The standard InChI is InChI=1S/C11H12N2O2/c1-2-9(11(14)15)13-7-12-8-5-3-4-6-10(8)13/h3-7,9H,2H2,1H3,(H,14,15)/p-1/t9-/m0/s1.